The van der Waals surface area contributed by atoms with Crippen molar-refractivity contribution in [1.82, 2.24) is 5.48 Å². The molecule has 2 aromatic rings. The van der Waals surface area contributed by atoms with Crippen molar-refractivity contribution in [2.75, 3.05) is 6.61 Å². The Bertz CT molecular complexity index is 511. The van der Waals surface area contributed by atoms with Crippen molar-refractivity contribution >= 4 is 0 Å². The van der Waals surface area contributed by atoms with E-state index in [1.807, 2.05) is 12.1 Å². The predicted molar refractivity (Wildman–Crippen MR) is 72.1 cm³/mol. The van der Waals surface area contributed by atoms with Gasteiger partial charge in [0, 0.05) is 5.92 Å². The van der Waals surface area contributed by atoms with E-state index in [4.69, 9.17) is 4.84 Å². The molecule has 18 heavy (non-hydrogen) atoms. The molecular formula is C16H17NO. The van der Waals surface area contributed by atoms with Gasteiger partial charge in [-0.15, -0.1) is 0 Å². The summed E-state index contributed by atoms with van der Waals surface area (Å²) in [4.78, 5) is 5.53. The molecule has 1 N–H and O–H groups in total. The summed E-state index contributed by atoms with van der Waals surface area (Å²) in [5, 5.41) is 0. The lowest BCUT2D eigenvalue weighted by Gasteiger charge is -2.30. The fourth-order valence-electron chi connectivity index (χ4n) is 2.67. The van der Waals surface area contributed by atoms with Crippen molar-refractivity contribution in [2.24, 2.45) is 0 Å². The van der Waals surface area contributed by atoms with E-state index in [9.17, 15) is 0 Å². The summed E-state index contributed by atoms with van der Waals surface area (Å²) in [6.45, 7) is 2.91. The molecule has 0 saturated carbocycles. The molecule has 0 radical (unpaired) electrons. The minimum atomic E-state index is -0.164. The van der Waals surface area contributed by atoms with Crippen molar-refractivity contribution < 1.29 is 4.84 Å². The highest BCUT2D eigenvalue weighted by Crippen LogP contribution is 2.40. The first kappa shape index (κ1) is 11.5. The number of benzene rings is 2. The number of hydrogen-bond donors (Lipinski definition) is 1. The van der Waals surface area contributed by atoms with E-state index in [1.165, 1.54) is 11.1 Å². The maximum Gasteiger partial charge on any atom is 0.0773 e. The van der Waals surface area contributed by atoms with Gasteiger partial charge in [-0.25, -0.2) is 0 Å². The first-order valence-electron chi connectivity index (χ1n) is 6.30. The lowest BCUT2D eigenvalue weighted by atomic mass is 9.78. The second-order valence-electron chi connectivity index (χ2n) is 4.94. The number of nitrogens with one attached hydrogen (secondary N) is 1. The summed E-state index contributed by atoms with van der Waals surface area (Å²) in [5.41, 5.74) is 5.61. The Morgan fingerprint density at radius 2 is 1.61 bits per heavy atom. The number of hydrogen-bond acceptors (Lipinski definition) is 2. The predicted octanol–water partition coefficient (Wildman–Crippen LogP) is 3.22. The first-order chi connectivity index (χ1) is 8.81. The van der Waals surface area contributed by atoms with Crippen molar-refractivity contribution in [2.45, 2.75) is 18.4 Å². The SMILES string of the molecule is C[C@@]1(c2ccccc2)NOC[C@@H]1c1ccccc1. The number of rotatable bonds is 2. The molecule has 2 atom stereocenters. The fraction of sp³-hybridized carbons (Fsp3) is 0.250. The van der Waals surface area contributed by atoms with Crippen LogP contribution in [0.1, 0.15) is 24.0 Å². The summed E-state index contributed by atoms with van der Waals surface area (Å²) < 4.78 is 0. The van der Waals surface area contributed by atoms with E-state index >= 15 is 0 Å². The fourth-order valence-corrected chi connectivity index (χ4v) is 2.67. The molecule has 1 aliphatic rings. The molecule has 0 amide bonds. The van der Waals surface area contributed by atoms with Crippen molar-refractivity contribution in [1.29, 1.82) is 0 Å². The minimum Gasteiger partial charge on any atom is -0.300 e. The van der Waals surface area contributed by atoms with Gasteiger partial charge in [0.25, 0.3) is 0 Å². The Hall–Kier alpha value is -1.64. The van der Waals surface area contributed by atoms with Crippen molar-refractivity contribution in [3.63, 3.8) is 0 Å². The average molecular weight is 239 g/mol. The highest BCUT2D eigenvalue weighted by Gasteiger charge is 2.42. The summed E-state index contributed by atoms with van der Waals surface area (Å²) in [7, 11) is 0. The van der Waals surface area contributed by atoms with Crippen LogP contribution in [0.15, 0.2) is 60.7 Å². The van der Waals surface area contributed by atoms with Gasteiger partial charge in [0.15, 0.2) is 0 Å². The molecular weight excluding hydrogens is 222 g/mol. The van der Waals surface area contributed by atoms with E-state index in [0.717, 1.165) is 0 Å². The Labute approximate surface area is 108 Å². The molecule has 0 aliphatic carbocycles. The molecule has 3 rings (SSSR count). The molecule has 2 heteroatoms. The molecule has 0 spiro atoms. The molecule has 1 heterocycles. The summed E-state index contributed by atoms with van der Waals surface area (Å²) in [5.74, 6) is 0.334. The van der Waals surface area contributed by atoms with Crippen LogP contribution in [0.5, 0.6) is 0 Å². The largest absolute Gasteiger partial charge is 0.300 e. The van der Waals surface area contributed by atoms with Crippen LogP contribution in [-0.4, -0.2) is 6.61 Å². The Morgan fingerprint density at radius 1 is 1.00 bits per heavy atom. The molecule has 2 nitrogen and oxygen atoms in total. The van der Waals surface area contributed by atoms with Crippen molar-refractivity contribution in [3.8, 4) is 0 Å². The van der Waals surface area contributed by atoms with Crippen LogP contribution in [0.25, 0.3) is 0 Å². The van der Waals surface area contributed by atoms with Crippen LogP contribution in [0.4, 0.5) is 0 Å². The zero-order valence-corrected chi connectivity index (χ0v) is 10.5. The second kappa shape index (κ2) is 4.56. The van der Waals surface area contributed by atoms with Crippen LogP contribution in [0.3, 0.4) is 0 Å². The van der Waals surface area contributed by atoms with E-state index in [-0.39, 0.29) is 5.54 Å². The third-order valence-corrected chi connectivity index (χ3v) is 3.81. The maximum absolute atomic E-state index is 5.53. The van der Waals surface area contributed by atoms with Gasteiger partial charge in [0.2, 0.25) is 0 Å². The summed E-state index contributed by atoms with van der Waals surface area (Å²) in [6.07, 6.45) is 0. The normalized spacial score (nSPS) is 27.3. The van der Waals surface area contributed by atoms with Gasteiger partial charge < -0.3 is 4.84 Å². The summed E-state index contributed by atoms with van der Waals surface area (Å²) in [6, 6.07) is 21.0. The van der Waals surface area contributed by atoms with Gasteiger partial charge in [0.1, 0.15) is 0 Å². The molecule has 0 bridgehead atoms. The standard InChI is InChI=1S/C16H17NO/c1-16(14-10-6-3-7-11-14)15(12-18-17-16)13-8-4-2-5-9-13/h2-11,15,17H,12H2,1H3/t15-,16+/m1/s1. The average Bonchev–Trinajstić information content (AvgIpc) is 2.84. The molecule has 1 aliphatic heterocycles. The lowest BCUT2D eigenvalue weighted by Crippen LogP contribution is -2.37. The molecule has 0 unspecified atom stereocenters. The molecule has 1 fully saturated rings. The number of hydroxylamine groups is 1. The van der Waals surface area contributed by atoms with E-state index in [0.29, 0.717) is 12.5 Å². The Balaban J connectivity index is 2.01. The quantitative estimate of drug-likeness (QED) is 0.868. The highest BCUT2D eigenvalue weighted by molar-refractivity contribution is 5.33. The Morgan fingerprint density at radius 3 is 2.28 bits per heavy atom. The minimum absolute atomic E-state index is 0.164. The molecule has 92 valence electrons. The van der Waals surface area contributed by atoms with E-state index in [1.54, 1.807) is 0 Å². The zero-order valence-electron chi connectivity index (χ0n) is 10.5. The van der Waals surface area contributed by atoms with Gasteiger partial charge in [-0.05, 0) is 18.1 Å². The molecule has 1 saturated heterocycles. The van der Waals surface area contributed by atoms with Crippen molar-refractivity contribution in [3.05, 3.63) is 71.8 Å². The van der Waals surface area contributed by atoms with Crippen LogP contribution in [0, 0.1) is 0 Å². The van der Waals surface area contributed by atoms with Crippen LogP contribution in [0.2, 0.25) is 0 Å². The highest BCUT2D eigenvalue weighted by atomic mass is 16.7. The molecule has 2 aromatic carbocycles. The smallest absolute Gasteiger partial charge is 0.0773 e. The zero-order chi connectivity index (χ0) is 12.4. The Kier molecular flexibility index (Phi) is 2.90. The second-order valence-corrected chi connectivity index (χ2v) is 4.94. The first-order valence-corrected chi connectivity index (χ1v) is 6.30. The van der Waals surface area contributed by atoms with Crippen LogP contribution >= 0.6 is 0 Å². The monoisotopic (exact) mass is 239 g/mol. The van der Waals surface area contributed by atoms with Crippen LogP contribution < -0.4 is 5.48 Å². The van der Waals surface area contributed by atoms with E-state index in [2.05, 4.69) is 60.9 Å². The topological polar surface area (TPSA) is 21.3 Å². The third-order valence-electron chi connectivity index (χ3n) is 3.81. The van der Waals surface area contributed by atoms with Gasteiger partial charge in [-0.3, -0.25) is 0 Å². The summed E-state index contributed by atoms with van der Waals surface area (Å²) >= 11 is 0. The van der Waals surface area contributed by atoms with Gasteiger partial charge in [0.05, 0.1) is 12.1 Å². The van der Waals surface area contributed by atoms with E-state index < -0.39 is 0 Å². The van der Waals surface area contributed by atoms with Crippen LogP contribution in [-0.2, 0) is 10.4 Å². The van der Waals surface area contributed by atoms with Gasteiger partial charge >= 0.3 is 0 Å². The maximum atomic E-state index is 5.53. The van der Waals surface area contributed by atoms with Gasteiger partial charge in [-0.1, -0.05) is 60.7 Å². The third kappa shape index (κ3) is 1.84. The molecule has 0 aromatic heterocycles. The van der Waals surface area contributed by atoms with Gasteiger partial charge in [-0.2, -0.15) is 5.48 Å². The lowest BCUT2D eigenvalue weighted by molar-refractivity contribution is 0.0654.